The zero-order valence-electron chi connectivity index (χ0n) is 36.5. The lowest BCUT2D eigenvalue weighted by molar-refractivity contribution is 0.0606. The minimum Gasteiger partial charge on any atom is -0.465 e. The standard InChI is InChI=1S/C54H63FN2O3Si/c1-42(2)38-49(39-43-24-12-6-13-25-43)57(52(58)59)48(41-60-61(53(3,4)5,50-32-20-10-21-33-50)51-34-22-11-23-35-51)37-36-47(55)40-56-54(44-26-14-7-15-27-44,45-28-16-8-17-29-45)46-30-18-9-19-31-46/h6-35,42,47-49,56H,36-41H2,1-5H3,(H,58,59)/t47?,48-,49?/m0/s1. The second-order valence-corrected chi connectivity index (χ2v) is 22.0. The Kier molecular flexibility index (Phi) is 15.5. The van der Waals surface area contributed by atoms with Gasteiger partial charge in [-0.1, -0.05) is 217 Å². The SMILES string of the molecule is CC(C)CC(Cc1ccccc1)N(C(=O)O)[C@@H](CCC(F)CNC(c1ccccc1)(c1ccccc1)c1ccccc1)CO[Si](c1ccccc1)(c1ccccc1)C(C)(C)C. The molecule has 0 fully saturated rings. The quantitative estimate of drug-likeness (QED) is 0.0594. The van der Waals surface area contributed by atoms with Crippen molar-refractivity contribution in [2.75, 3.05) is 13.2 Å². The molecule has 0 radical (unpaired) electrons. The van der Waals surface area contributed by atoms with Crippen LogP contribution in [0.1, 0.15) is 76.1 Å². The first-order valence-electron chi connectivity index (χ1n) is 21.8. The number of benzene rings is 6. The Morgan fingerprint density at radius 1 is 0.639 bits per heavy atom. The van der Waals surface area contributed by atoms with Crippen molar-refractivity contribution in [2.24, 2.45) is 5.92 Å². The molecule has 5 nitrogen and oxygen atoms in total. The molecular weight excluding hydrogens is 772 g/mol. The summed E-state index contributed by atoms with van der Waals surface area (Å²) in [5.74, 6) is 0.231. The van der Waals surface area contributed by atoms with Crippen molar-refractivity contribution in [3.63, 3.8) is 0 Å². The molecule has 0 spiro atoms. The number of halogens is 1. The Hall–Kier alpha value is -5.34. The Balaban J connectivity index is 1.37. The highest BCUT2D eigenvalue weighted by atomic mass is 28.4. The fraction of sp³-hybridized carbons (Fsp3) is 0.315. The lowest BCUT2D eigenvalue weighted by Gasteiger charge is -2.45. The van der Waals surface area contributed by atoms with Crippen molar-refractivity contribution in [1.29, 1.82) is 0 Å². The van der Waals surface area contributed by atoms with E-state index in [2.05, 4.69) is 137 Å². The summed E-state index contributed by atoms with van der Waals surface area (Å²) in [6.45, 7) is 11.1. The Labute approximate surface area is 364 Å². The molecule has 6 rings (SSSR count). The van der Waals surface area contributed by atoms with E-state index in [4.69, 9.17) is 4.43 Å². The molecule has 0 aliphatic carbocycles. The smallest absolute Gasteiger partial charge is 0.407 e. The van der Waals surface area contributed by atoms with E-state index in [-0.39, 0.29) is 43.0 Å². The molecule has 0 heterocycles. The second kappa shape index (κ2) is 21.0. The van der Waals surface area contributed by atoms with E-state index in [1.54, 1.807) is 4.90 Å². The largest absolute Gasteiger partial charge is 0.465 e. The molecule has 3 atom stereocenters. The Bertz CT molecular complexity index is 2050. The van der Waals surface area contributed by atoms with Crippen LogP contribution < -0.4 is 15.7 Å². The van der Waals surface area contributed by atoms with E-state index < -0.39 is 32.2 Å². The number of carboxylic acid groups (broad SMARTS) is 1. The van der Waals surface area contributed by atoms with Gasteiger partial charge in [0.05, 0.1) is 18.2 Å². The van der Waals surface area contributed by atoms with Gasteiger partial charge >= 0.3 is 6.09 Å². The normalized spacial score (nSPS) is 13.7. The van der Waals surface area contributed by atoms with Crippen LogP contribution in [0, 0.1) is 5.92 Å². The molecular formula is C54H63FN2O3Si. The zero-order chi connectivity index (χ0) is 43.3. The highest BCUT2D eigenvalue weighted by Gasteiger charge is 2.51. The van der Waals surface area contributed by atoms with Gasteiger partial charge in [0.25, 0.3) is 8.32 Å². The number of hydrogen-bond donors (Lipinski definition) is 2. The van der Waals surface area contributed by atoms with Gasteiger partial charge in [0.15, 0.2) is 0 Å². The summed E-state index contributed by atoms with van der Waals surface area (Å²) in [5.41, 5.74) is 3.25. The molecule has 7 heteroatoms. The van der Waals surface area contributed by atoms with Gasteiger partial charge in [-0.3, -0.25) is 10.2 Å². The third-order valence-corrected chi connectivity index (χ3v) is 17.0. The van der Waals surface area contributed by atoms with Crippen molar-refractivity contribution < 1.29 is 18.7 Å². The van der Waals surface area contributed by atoms with Crippen LogP contribution in [-0.4, -0.2) is 55.8 Å². The molecule has 1 amide bonds. The molecule has 0 saturated heterocycles. The molecule has 6 aromatic carbocycles. The fourth-order valence-electron chi connectivity index (χ4n) is 9.23. The van der Waals surface area contributed by atoms with Crippen molar-refractivity contribution >= 4 is 24.8 Å². The molecule has 2 N–H and O–H groups in total. The lowest BCUT2D eigenvalue weighted by atomic mass is 9.77. The highest BCUT2D eigenvalue weighted by Crippen LogP contribution is 2.39. The highest BCUT2D eigenvalue weighted by molar-refractivity contribution is 6.99. The molecule has 0 aromatic heterocycles. The molecule has 6 aromatic rings. The van der Waals surface area contributed by atoms with E-state index in [1.165, 1.54) is 0 Å². The summed E-state index contributed by atoms with van der Waals surface area (Å²) in [5, 5.41) is 16.9. The number of rotatable bonds is 20. The van der Waals surface area contributed by atoms with Gasteiger partial charge in [-0.05, 0) is 69.3 Å². The molecule has 61 heavy (non-hydrogen) atoms. The second-order valence-electron chi connectivity index (χ2n) is 17.7. The minimum absolute atomic E-state index is 0.0491. The summed E-state index contributed by atoms with van der Waals surface area (Å²) < 4.78 is 24.5. The number of hydrogen-bond acceptors (Lipinski definition) is 3. The van der Waals surface area contributed by atoms with Crippen LogP contribution >= 0.6 is 0 Å². The first kappa shape index (κ1) is 45.2. The summed E-state index contributed by atoms with van der Waals surface area (Å²) in [4.78, 5) is 15.4. The van der Waals surface area contributed by atoms with Crippen molar-refractivity contribution in [1.82, 2.24) is 10.2 Å². The third kappa shape index (κ3) is 10.8. The van der Waals surface area contributed by atoms with Crippen LogP contribution in [0.15, 0.2) is 182 Å². The molecule has 0 bridgehead atoms. The number of amides is 1. The van der Waals surface area contributed by atoms with Crippen LogP contribution in [0.25, 0.3) is 0 Å². The van der Waals surface area contributed by atoms with Gasteiger partial charge < -0.3 is 9.53 Å². The summed E-state index contributed by atoms with van der Waals surface area (Å²) in [6.07, 6.45) is -0.673. The molecule has 2 unspecified atom stereocenters. The van der Waals surface area contributed by atoms with Crippen LogP contribution in [-0.2, 0) is 16.4 Å². The van der Waals surface area contributed by atoms with Gasteiger partial charge in [-0.25, -0.2) is 9.18 Å². The zero-order valence-corrected chi connectivity index (χ0v) is 37.5. The van der Waals surface area contributed by atoms with Gasteiger partial charge in [-0.2, -0.15) is 0 Å². The average Bonchev–Trinajstić information content (AvgIpc) is 3.27. The minimum atomic E-state index is -3.07. The van der Waals surface area contributed by atoms with Crippen LogP contribution in [0.2, 0.25) is 5.04 Å². The monoisotopic (exact) mass is 834 g/mol. The predicted molar refractivity (Wildman–Crippen MR) is 252 cm³/mol. The van der Waals surface area contributed by atoms with Crippen molar-refractivity contribution in [2.45, 2.75) is 89.1 Å². The Morgan fingerprint density at radius 3 is 1.44 bits per heavy atom. The lowest BCUT2D eigenvalue weighted by Crippen LogP contribution is -2.67. The van der Waals surface area contributed by atoms with Gasteiger partial charge in [0.1, 0.15) is 6.17 Å². The predicted octanol–water partition coefficient (Wildman–Crippen LogP) is 11.3. The summed E-state index contributed by atoms with van der Waals surface area (Å²) in [7, 11) is -3.07. The summed E-state index contributed by atoms with van der Waals surface area (Å²) in [6, 6.07) is 60.6. The number of carbonyl (C=O) groups is 1. The van der Waals surface area contributed by atoms with E-state index in [0.29, 0.717) is 12.8 Å². The maximum atomic E-state index is 17.0. The molecule has 0 aliphatic heterocycles. The van der Waals surface area contributed by atoms with Crippen LogP contribution in [0.3, 0.4) is 0 Å². The molecule has 318 valence electrons. The van der Waals surface area contributed by atoms with Crippen molar-refractivity contribution in [3.05, 3.63) is 204 Å². The van der Waals surface area contributed by atoms with E-state index in [0.717, 1.165) is 32.6 Å². The van der Waals surface area contributed by atoms with E-state index in [9.17, 15) is 9.90 Å². The van der Waals surface area contributed by atoms with Crippen LogP contribution in [0.5, 0.6) is 0 Å². The number of alkyl halides is 1. The van der Waals surface area contributed by atoms with Gasteiger partial charge in [-0.15, -0.1) is 0 Å². The topological polar surface area (TPSA) is 61.8 Å². The first-order valence-corrected chi connectivity index (χ1v) is 23.7. The molecule has 0 saturated carbocycles. The number of nitrogens with one attached hydrogen (secondary N) is 1. The van der Waals surface area contributed by atoms with Crippen LogP contribution in [0.4, 0.5) is 9.18 Å². The van der Waals surface area contributed by atoms with Crippen molar-refractivity contribution in [3.8, 4) is 0 Å². The average molecular weight is 835 g/mol. The van der Waals surface area contributed by atoms with Gasteiger partial charge in [0.2, 0.25) is 0 Å². The number of nitrogens with zero attached hydrogens (tertiary/aromatic N) is 1. The maximum Gasteiger partial charge on any atom is 0.407 e. The first-order chi connectivity index (χ1) is 29.5. The maximum absolute atomic E-state index is 17.0. The van der Waals surface area contributed by atoms with E-state index in [1.807, 2.05) is 84.9 Å². The van der Waals surface area contributed by atoms with E-state index >= 15 is 4.39 Å². The molecule has 0 aliphatic rings. The van der Waals surface area contributed by atoms with Gasteiger partial charge in [0, 0.05) is 12.6 Å². The summed E-state index contributed by atoms with van der Waals surface area (Å²) >= 11 is 0. The fourth-order valence-corrected chi connectivity index (χ4v) is 13.8. The Morgan fingerprint density at radius 2 is 1.05 bits per heavy atom. The third-order valence-electron chi connectivity index (χ3n) is 12.0.